The molecule has 1 heterocycles. The summed E-state index contributed by atoms with van der Waals surface area (Å²) >= 11 is 0. The highest BCUT2D eigenvalue weighted by molar-refractivity contribution is 5.31. The summed E-state index contributed by atoms with van der Waals surface area (Å²) in [7, 11) is 1.71. The number of piperidine rings is 1. The van der Waals surface area contributed by atoms with Crippen LogP contribution in [0.1, 0.15) is 24.8 Å². The van der Waals surface area contributed by atoms with Gasteiger partial charge in [-0.2, -0.15) is 0 Å². The van der Waals surface area contributed by atoms with Crippen molar-refractivity contribution in [3.8, 4) is 5.75 Å². The van der Waals surface area contributed by atoms with E-state index in [1.807, 2.05) is 6.07 Å². The van der Waals surface area contributed by atoms with E-state index in [4.69, 9.17) is 10.5 Å². The van der Waals surface area contributed by atoms with Crippen LogP contribution in [0.15, 0.2) is 24.3 Å². The molecule has 0 bridgehead atoms. The Kier molecular flexibility index (Phi) is 4.02. The molecule has 0 spiro atoms. The van der Waals surface area contributed by atoms with Gasteiger partial charge < -0.3 is 15.4 Å². The molecule has 1 aromatic carbocycles. The monoisotopic (exact) mass is 234 g/mol. The third-order valence-corrected chi connectivity index (χ3v) is 3.57. The third-order valence-electron chi connectivity index (χ3n) is 3.57. The average molecular weight is 234 g/mol. The van der Waals surface area contributed by atoms with Crippen LogP contribution in [0.3, 0.4) is 0 Å². The molecule has 17 heavy (non-hydrogen) atoms. The smallest absolute Gasteiger partial charge is 0.119 e. The maximum absolute atomic E-state index is 6.13. The summed E-state index contributed by atoms with van der Waals surface area (Å²) in [6.45, 7) is 5.41. The Morgan fingerprint density at radius 3 is 2.94 bits per heavy atom. The number of hydrogen-bond acceptors (Lipinski definition) is 3. The summed E-state index contributed by atoms with van der Waals surface area (Å²) in [6, 6.07) is 8.66. The van der Waals surface area contributed by atoms with Gasteiger partial charge in [0.25, 0.3) is 0 Å². The van der Waals surface area contributed by atoms with Crippen molar-refractivity contribution < 1.29 is 4.74 Å². The molecule has 94 valence electrons. The first-order valence-corrected chi connectivity index (χ1v) is 6.34. The van der Waals surface area contributed by atoms with E-state index in [2.05, 4.69) is 30.0 Å². The lowest BCUT2D eigenvalue weighted by atomic mass is 9.88. The third kappa shape index (κ3) is 2.99. The molecular weight excluding hydrogens is 212 g/mol. The van der Waals surface area contributed by atoms with Crippen LogP contribution in [0.5, 0.6) is 5.75 Å². The topological polar surface area (TPSA) is 38.5 Å². The van der Waals surface area contributed by atoms with Crippen molar-refractivity contribution in [1.29, 1.82) is 0 Å². The normalized spacial score (nSPS) is 25.8. The SMILES string of the molecule is CCN1CC(N)CC(c2cccc(OC)c2)C1. The zero-order chi connectivity index (χ0) is 12.3. The highest BCUT2D eigenvalue weighted by Crippen LogP contribution is 2.28. The first-order valence-electron chi connectivity index (χ1n) is 6.34. The molecule has 0 aliphatic carbocycles. The van der Waals surface area contributed by atoms with Gasteiger partial charge in [-0.25, -0.2) is 0 Å². The van der Waals surface area contributed by atoms with Crippen molar-refractivity contribution in [2.45, 2.75) is 25.3 Å². The molecule has 1 fully saturated rings. The van der Waals surface area contributed by atoms with Crippen molar-refractivity contribution in [3.63, 3.8) is 0 Å². The summed E-state index contributed by atoms with van der Waals surface area (Å²) in [5, 5.41) is 0. The van der Waals surface area contributed by atoms with Crippen LogP contribution in [0.2, 0.25) is 0 Å². The maximum Gasteiger partial charge on any atom is 0.119 e. The minimum absolute atomic E-state index is 0.292. The van der Waals surface area contributed by atoms with Crippen LogP contribution in [0, 0.1) is 0 Å². The predicted octanol–water partition coefficient (Wildman–Crippen LogP) is 1.83. The fraction of sp³-hybridized carbons (Fsp3) is 0.571. The van der Waals surface area contributed by atoms with Crippen LogP contribution in [-0.2, 0) is 0 Å². The van der Waals surface area contributed by atoms with Crippen LogP contribution >= 0.6 is 0 Å². The average Bonchev–Trinajstić information content (AvgIpc) is 2.38. The van der Waals surface area contributed by atoms with Gasteiger partial charge in [0.05, 0.1) is 7.11 Å². The highest BCUT2D eigenvalue weighted by Gasteiger charge is 2.25. The number of benzene rings is 1. The van der Waals surface area contributed by atoms with Crippen molar-refractivity contribution >= 4 is 0 Å². The van der Waals surface area contributed by atoms with E-state index in [9.17, 15) is 0 Å². The lowest BCUT2D eigenvalue weighted by Gasteiger charge is -2.36. The predicted molar refractivity (Wildman–Crippen MR) is 70.4 cm³/mol. The molecule has 1 saturated heterocycles. The van der Waals surface area contributed by atoms with Crippen molar-refractivity contribution in [1.82, 2.24) is 4.90 Å². The first kappa shape index (κ1) is 12.4. The zero-order valence-electron chi connectivity index (χ0n) is 10.7. The molecule has 0 radical (unpaired) electrons. The van der Waals surface area contributed by atoms with Gasteiger partial charge in [-0.15, -0.1) is 0 Å². The summed E-state index contributed by atoms with van der Waals surface area (Å²) in [5.74, 6) is 1.47. The zero-order valence-corrected chi connectivity index (χ0v) is 10.7. The van der Waals surface area contributed by atoms with Crippen molar-refractivity contribution in [2.75, 3.05) is 26.7 Å². The van der Waals surface area contributed by atoms with E-state index in [0.29, 0.717) is 12.0 Å². The van der Waals surface area contributed by atoms with E-state index in [1.165, 1.54) is 5.56 Å². The standard InChI is InChI=1S/C14H22N2O/c1-3-16-9-12(7-13(15)10-16)11-5-4-6-14(8-11)17-2/h4-6,8,12-13H,3,7,9-10,15H2,1-2H3. The van der Waals surface area contributed by atoms with Gasteiger partial charge in [-0.3, -0.25) is 0 Å². The van der Waals surface area contributed by atoms with Gasteiger partial charge in [-0.05, 0) is 36.6 Å². The molecule has 2 unspecified atom stereocenters. The number of ether oxygens (including phenoxy) is 1. The molecule has 3 nitrogen and oxygen atoms in total. The summed E-state index contributed by atoms with van der Waals surface area (Å²) in [5.41, 5.74) is 7.47. The molecule has 0 aromatic heterocycles. The quantitative estimate of drug-likeness (QED) is 0.867. The molecular formula is C14H22N2O. The van der Waals surface area contributed by atoms with Gasteiger partial charge in [0.15, 0.2) is 0 Å². The molecule has 2 N–H and O–H groups in total. The van der Waals surface area contributed by atoms with Gasteiger partial charge in [0.1, 0.15) is 5.75 Å². The molecule has 2 rings (SSSR count). The highest BCUT2D eigenvalue weighted by atomic mass is 16.5. The summed E-state index contributed by atoms with van der Waals surface area (Å²) in [6.07, 6.45) is 1.07. The Morgan fingerprint density at radius 2 is 2.24 bits per heavy atom. The molecule has 3 heteroatoms. The second-order valence-electron chi connectivity index (χ2n) is 4.82. The van der Waals surface area contributed by atoms with Crippen molar-refractivity contribution in [3.05, 3.63) is 29.8 Å². The minimum atomic E-state index is 0.292. The number of nitrogens with zero attached hydrogens (tertiary/aromatic N) is 1. The molecule has 0 amide bonds. The molecule has 1 aromatic rings. The second kappa shape index (κ2) is 5.52. The van der Waals surface area contributed by atoms with E-state index >= 15 is 0 Å². The Bertz CT molecular complexity index is 367. The maximum atomic E-state index is 6.13. The Balaban J connectivity index is 2.14. The van der Waals surface area contributed by atoms with Gasteiger partial charge >= 0.3 is 0 Å². The molecule has 1 aliphatic heterocycles. The fourth-order valence-corrected chi connectivity index (χ4v) is 2.63. The Morgan fingerprint density at radius 1 is 1.41 bits per heavy atom. The van der Waals surface area contributed by atoms with E-state index in [0.717, 1.165) is 31.8 Å². The van der Waals surface area contributed by atoms with Crippen LogP contribution in [-0.4, -0.2) is 37.7 Å². The number of likely N-dealkylation sites (tertiary alicyclic amines) is 1. The Hall–Kier alpha value is -1.06. The van der Waals surface area contributed by atoms with Gasteiger partial charge in [-0.1, -0.05) is 19.1 Å². The number of likely N-dealkylation sites (N-methyl/N-ethyl adjacent to an activating group) is 1. The van der Waals surface area contributed by atoms with Gasteiger partial charge in [0, 0.05) is 19.1 Å². The summed E-state index contributed by atoms with van der Waals surface area (Å²) in [4.78, 5) is 2.43. The van der Waals surface area contributed by atoms with E-state index in [1.54, 1.807) is 7.11 Å². The summed E-state index contributed by atoms with van der Waals surface area (Å²) < 4.78 is 5.28. The van der Waals surface area contributed by atoms with Crippen LogP contribution < -0.4 is 10.5 Å². The minimum Gasteiger partial charge on any atom is -0.497 e. The second-order valence-corrected chi connectivity index (χ2v) is 4.82. The molecule has 0 saturated carbocycles. The largest absolute Gasteiger partial charge is 0.497 e. The van der Waals surface area contributed by atoms with E-state index in [-0.39, 0.29) is 0 Å². The van der Waals surface area contributed by atoms with Crippen molar-refractivity contribution in [2.24, 2.45) is 5.73 Å². The molecule has 1 aliphatic rings. The van der Waals surface area contributed by atoms with Crippen LogP contribution in [0.4, 0.5) is 0 Å². The molecule has 2 atom stereocenters. The van der Waals surface area contributed by atoms with Gasteiger partial charge in [0.2, 0.25) is 0 Å². The first-order chi connectivity index (χ1) is 8.22. The number of nitrogens with two attached hydrogens (primary N) is 1. The number of hydrogen-bond donors (Lipinski definition) is 1. The lowest BCUT2D eigenvalue weighted by Crippen LogP contribution is -2.45. The Labute approximate surface area is 104 Å². The van der Waals surface area contributed by atoms with E-state index < -0.39 is 0 Å². The van der Waals surface area contributed by atoms with Crippen LogP contribution in [0.25, 0.3) is 0 Å². The number of rotatable bonds is 3. The lowest BCUT2D eigenvalue weighted by molar-refractivity contribution is 0.197. The number of methoxy groups -OCH3 is 1. The fourth-order valence-electron chi connectivity index (χ4n) is 2.63.